The molecule has 2 fully saturated rings. The van der Waals surface area contributed by atoms with Crippen LogP contribution in [0, 0.1) is 17.2 Å². The van der Waals surface area contributed by atoms with Crippen LogP contribution in [0.5, 0.6) is 0 Å². The van der Waals surface area contributed by atoms with Gasteiger partial charge >= 0.3 is 0 Å². The highest BCUT2D eigenvalue weighted by molar-refractivity contribution is 7.88. The number of sulfonamides is 1. The maximum absolute atomic E-state index is 11.7. The number of hydrogen-bond donors (Lipinski definition) is 0. The van der Waals surface area contributed by atoms with Crippen molar-refractivity contribution >= 4 is 10.0 Å². The van der Waals surface area contributed by atoms with Gasteiger partial charge in [-0.15, -0.1) is 0 Å². The van der Waals surface area contributed by atoms with E-state index in [0.29, 0.717) is 24.6 Å². The second-order valence-electron chi connectivity index (χ2n) is 7.51. The number of nitriles is 1. The van der Waals surface area contributed by atoms with E-state index in [9.17, 15) is 8.42 Å². The van der Waals surface area contributed by atoms with Crippen molar-refractivity contribution in [1.29, 1.82) is 5.26 Å². The molecule has 0 aromatic heterocycles. The van der Waals surface area contributed by atoms with Crippen LogP contribution in [0.2, 0.25) is 0 Å². The quantitative estimate of drug-likeness (QED) is 0.776. The van der Waals surface area contributed by atoms with E-state index in [1.807, 2.05) is 24.3 Å². The summed E-state index contributed by atoms with van der Waals surface area (Å²) >= 11 is 0. The van der Waals surface area contributed by atoms with Crippen LogP contribution in [0.25, 0.3) is 0 Å². The van der Waals surface area contributed by atoms with E-state index in [1.165, 1.54) is 11.8 Å². The molecule has 0 bridgehead atoms. The lowest BCUT2D eigenvalue weighted by atomic mass is 10.1. The fourth-order valence-electron chi connectivity index (χ4n) is 3.92. The normalized spacial score (nSPS) is 23.6. The van der Waals surface area contributed by atoms with E-state index in [4.69, 9.17) is 5.26 Å². The van der Waals surface area contributed by atoms with Crippen LogP contribution in [-0.4, -0.2) is 74.6 Å². The van der Waals surface area contributed by atoms with Crippen LogP contribution in [0.1, 0.15) is 24.0 Å². The monoisotopic (exact) mass is 376 g/mol. The first-order chi connectivity index (χ1) is 12.4. The summed E-state index contributed by atoms with van der Waals surface area (Å²) in [5.41, 5.74) is 1.95. The summed E-state index contributed by atoms with van der Waals surface area (Å²) in [6.07, 6.45) is 3.42. The lowest BCUT2D eigenvalue weighted by Crippen LogP contribution is -2.35. The van der Waals surface area contributed by atoms with E-state index in [-0.39, 0.29) is 0 Å². The molecule has 7 heteroatoms. The van der Waals surface area contributed by atoms with Crippen molar-refractivity contribution in [3.05, 3.63) is 35.4 Å². The Labute approximate surface area is 157 Å². The molecule has 2 aliphatic rings. The Morgan fingerprint density at radius 3 is 2.42 bits per heavy atom. The van der Waals surface area contributed by atoms with Gasteiger partial charge in [0.15, 0.2) is 0 Å². The van der Waals surface area contributed by atoms with Crippen LogP contribution in [0.3, 0.4) is 0 Å². The lowest BCUT2D eigenvalue weighted by molar-refractivity contribution is 0.228. The summed E-state index contributed by atoms with van der Waals surface area (Å²) in [5.74, 6) is 0.454. The van der Waals surface area contributed by atoms with E-state index in [2.05, 4.69) is 15.9 Å². The first-order valence-corrected chi connectivity index (χ1v) is 11.2. The third-order valence-corrected chi connectivity index (χ3v) is 6.67. The molecular weight excluding hydrogens is 348 g/mol. The molecule has 0 amide bonds. The van der Waals surface area contributed by atoms with Gasteiger partial charge in [-0.2, -0.15) is 5.26 Å². The largest absolute Gasteiger partial charge is 0.302 e. The minimum absolute atomic E-state index is 0.454. The highest BCUT2D eigenvalue weighted by Crippen LogP contribution is 2.20. The molecule has 26 heavy (non-hydrogen) atoms. The van der Waals surface area contributed by atoms with Crippen molar-refractivity contribution < 1.29 is 8.42 Å². The molecule has 142 valence electrons. The molecule has 6 nitrogen and oxygen atoms in total. The summed E-state index contributed by atoms with van der Waals surface area (Å²) in [6.45, 7) is 7.48. The second kappa shape index (κ2) is 8.49. The summed E-state index contributed by atoms with van der Waals surface area (Å²) in [5, 5.41) is 8.89. The van der Waals surface area contributed by atoms with Crippen molar-refractivity contribution in [3.8, 4) is 6.07 Å². The number of nitrogens with zero attached hydrogens (tertiary/aromatic N) is 4. The van der Waals surface area contributed by atoms with Gasteiger partial charge in [0.05, 0.1) is 17.9 Å². The van der Waals surface area contributed by atoms with Crippen LogP contribution < -0.4 is 0 Å². The first kappa shape index (κ1) is 19.3. The summed E-state index contributed by atoms with van der Waals surface area (Å²) in [7, 11) is -3.05. The SMILES string of the molecule is CS(=O)(=O)N1CC[C@H](CN2CCCN(Cc3ccc(C#N)cc3)CC2)C1. The third kappa shape index (κ3) is 5.27. The van der Waals surface area contributed by atoms with Gasteiger partial charge in [-0.1, -0.05) is 12.1 Å². The van der Waals surface area contributed by atoms with E-state index >= 15 is 0 Å². The zero-order chi connectivity index (χ0) is 18.6. The van der Waals surface area contributed by atoms with Crippen LogP contribution in [-0.2, 0) is 16.6 Å². The number of benzene rings is 1. The number of hydrogen-bond acceptors (Lipinski definition) is 5. The molecule has 3 rings (SSSR count). The van der Waals surface area contributed by atoms with Gasteiger partial charge in [-0.05, 0) is 49.5 Å². The molecule has 1 atom stereocenters. The summed E-state index contributed by atoms with van der Waals surface area (Å²) in [4.78, 5) is 4.97. The van der Waals surface area contributed by atoms with Gasteiger partial charge in [0.25, 0.3) is 0 Å². The topological polar surface area (TPSA) is 67.7 Å². The molecule has 2 heterocycles. The molecule has 1 aromatic carbocycles. The molecule has 0 aliphatic carbocycles. The minimum Gasteiger partial charge on any atom is -0.302 e. The third-order valence-electron chi connectivity index (χ3n) is 5.40. The molecule has 1 aromatic rings. The fourth-order valence-corrected chi connectivity index (χ4v) is 4.84. The maximum atomic E-state index is 11.7. The molecule has 2 aliphatic heterocycles. The predicted octanol–water partition coefficient (Wildman–Crippen LogP) is 1.35. The molecular formula is C19H28N4O2S. The molecule has 0 spiro atoms. The Balaban J connectivity index is 1.47. The smallest absolute Gasteiger partial charge is 0.211 e. The molecule has 0 radical (unpaired) electrons. The average molecular weight is 377 g/mol. The lowest BCUT2D eigenvalue weighted by Gasteiger charge is -2.24. The Morgan fingerprint density at radius 1 is 1.08 bits per heavy atom. The van der Waals surface area contributed by atoms with Crippen LogP contribution in [0.4, 0.5) is 0 Å². The average Bonchev–Trinajstić information content (AvgIpc) is 2.98. The zero-order valence-corrected chi connectivity index (χ0v) is 16.3. The van der Waals surface area contributed by atoms with E-state index < -0.39 is 10.0 Å². The van der Waals surface area contributed by atoms with Gasteiger partial charge in [0.2, 0.25) is 10.0 Å². The Kier molecular flexibility index (Phi) is 6.30. The van der Waals surface area contributed by atoms with Gasteiger partial charge in [-0.25, -0.2) is 12.7 Å². The minimum atomic E-state index is -3.05. The predicted molar refractivity (Wildman–Crippen MR) is 102 cm³/mol. The van der Waals surface area contributed by atoms with Crippen molar-refractivity contribution in [3.63, 3.8) is 0 Å². The zero-order valence-electron chi connectivity index (χ0n) is 15.5. The van der Waals surface area contributed by atoms with Gasteiger partial charge in [-0.3, -0.25) is 4.90 Å². The Bertz CT molecular complexity index is 742. The molecule has 0 N–H and O–H groups in total. The molecule has 0 unspecified atom stereocenters. The fraction of sp³-hybridized carbons (Fsp3) is 0.632. The Morgan fingerprint density at radius 2 is 1.77 bits per heavy atom. The van der Waals surface area contributed by atoms with Crippen LogP contribution in [0.15, 0.2) is 24.3 Å². The van der Waals surface area contributed by atoms with Gasteiger partial charge in [0.1, 0.15) is 0 Å². The van der Waals surface area contributed by atoms with Crippen molar-refractivity contribution in [1.82, 2.24) is 14.1 Å². The summed E-state index contributed by atoms with van der Waals surface area (Å²) in [6, 6.07) is 10.0. The van der Waals surface area contributed by atoms with Crippen molar-refractivity contribution in [2.24, 2.45) is 5.92 Å². The van der Waals surface area contributed by atoms with Crippen molar-refractivity contribution in [2.45, 2.75) is 19.4 Å². The summed E-state index contributed by atoms with van der Waals surface area (Å²) < 4.78 is 25.0. The van der Waals surface area contributed by atoms with Gasteiger partial charge < -0.3 is 4.90 Å². The Hall–Kier alpha value is -1.46. The van der Waals surface area contributed by atoms with Crippen molar-refractivity contribution in [2.75, 3.05) is 52.1 Å². The maximum Gasteiger partial charge on any atom is 0.211 e. The molecule has 0 saturated carbocycles. The molecule has 2 saturated heterocycles. The number of rotatable bonds is 5. The highest BCUT2D eigenvalue weighted by atomic mass is 32.2. The standard InChI is InChI=1S/C19H28N4O2S/c1-26(24,25)23-10-7-19(16-23)15-22-9-2-8-21(11-12-22)14-18-5-3-17(13-20)4-6-18/h3-6,19H,2,7-12,14-16H2,1H3/t19-/m1/s1. The van der Waals surface area contributed by atoms with Gasteiger partial charge in [0, 0.05) is 39.3 Å². The highest BCUT2D eigenvalue weighted by Gasteiger charge is 2.30. The first-order valence-electron chi connectivity index (χ1n) is 9.33. The second-order valence-corrected chi connectivity index (χ2v) is 9.50. The van der Waals surface area contributed by atoms with E-state index in [0.717, 1.165) is 52.1 Å². The van der Waals surface area contributed by atoms with E-state index in [1.54, 1.807) is 4.31 Å². The van der Waals surface area contributed by atoms with Crippen LogP contribution >= 0.6 is 0 Å².